The van der Waals surface area contributed by atoms with Crippen molar-refractivity contribution in [1.29, 1.82) is 0 Å². The maximum atomic E-state index is 11.3. The summed E-state index contributed by atoms with van der Waals surface area (Å²) in [6, 6.07) is 0.494. The molecule has 0 amide bonds. The van der Waals surface area contributed by atoms with Crippen molar-refractivity contribution in [2.75, 3.05) is 18.6 Å². The number of hydrogen-bond donors (Lipinski definition) is 1. The molecule has 1 aromatic heterocycles. The average Bonchev–Trinajstić information content (AvgIpc) is 2.68. The maximum absolute atomic E-state index is 11.3. The van der Waals surface area contributed by atoms with Gasteiger partial charge in [0.05, 0.1) is 12.0 Å². The van der Waals surface area contributed by atoms with Crippen LogP contribution in [0.1, 0.15) is 24.6 Å². The van der Waals surface area contributed by atoms with Crippen LogP contribution >= 0.6 is 0 Å². The molecule has 4 nitrogen and oxygen atoms in total. The minimum Gasteiger partial charge on any atom is -0.330 e. The SMILES string of the molecule is CNCc1cncn1C1CCS(=O)CC1. The number of aromatic nitrogens is 2. The van der Waals surface area contributed by atoms with Gasteiger partial charge in [-0.05, 0) is 19.9 Å². The molecule has 15 heavy (non-hydrogen) atoms. The molecular weight excluding hydrogens is 210 g/mol. The Morgan fingerprint density at radius 2 is 2.33 bits per heavy atom. The van der Waals surface area contributed by atoms with Gasteiger partial charge < -0.3 is 9.88 Å². The van der Waals surface area contributed by atoms with Gasteiger partial charge in [0, 0.05) is 41.1 Å². The number of rotatable bonds is 3. The molecule has 1 aliphatic heterocycles. The van der Waals surface area contributed by atoms with Gasteiger partial charge in [0.15, 0.2) is 0 Å². The fraction of sp³-hybridized carbons (Fsp3) is 0.700. The summed E-state index contributed by atoms with van der Waals surface area (Å²) in [4.78, 5) is 4.18. The highest BCUT2D eigenvalue weighted by molar-refractivity contribution is 7.85. The van der Waals surface area contributed by atoms with Crippen LogP contribution in [0.15, 0.2) is 12.5 Å². The molecule has 1 aromatic rings. The van der Waals surface area contributed by atoms with E-state index in [2.05, 4.69) is 14.9 Å². The van der Waals surface area contributed by atoms with E-state index in [1.165, 1.54) is 5.69 Å². The molecular formula is C10H17N3OS. The van der Waals surface area contributed by atoms with Gasteiger partial charge in [-0.15, -0.1) is 0 Å². The molecule has 2 rings (SSSR count). The van der Waals surface area contributed by atoms with E-state index in [9.17, 15) is 4.21 Å². The lowest BCUT2D eigenvalue weighted by atomic mass is 10.1. The first-order chi connectivity index (χ1) is 7.31. The zero-order chi connectivity index (χ0) is 10.7. The second-order valence-electron chi connectivity index (χ2n) is 3.90. The molecule has 5 heteroatoms. The van der Waals surface area contributed by atoms with Crippen LogP contribution in [0.2, 0.25) is 0 Å². The van der Waals surface area contributed by atoms with Crippen molar-refractivity contribution in [1.82, 2.24) is 14.9 Å². The standard InChI is InChI=1S/C10H17N3OS/c1-11-6-10-7-12-8-13(10)9-2-4-15(14)5-3-9/h7-9,11H,2-6H2,1H3. The molecule has 1 fully saturated rings. The van der Waals surface area contributed by atoms with E-state index >= 15 is 0 Å². The van der Waals surface area contributed by atoms with Gasteiger partial charge >= 0.3 is 0 Å². The smallest absolute Gasteiger partial charge is 0.0951 e. The highest BCUT2D eigenvalue weighted by Gasteiger charge is 2.20. The molecule has 0 spiro atoms. The second-order valence-corrected chi connectivity index (χ2v) is 5.60. The summed E-state index contributed by atoms with van der Waals surface area (Å²) in [5.41, 5.74) is 1.22. The third-order valence-electron chi connectivity index (χ3n) is 2.86. The van der Waals surface area contributed by atoms with Gasteiger partial charge in [0.25, 0.3) is 0 Å². The van der Waals surface area contributed by atoms with E-state index < -0.39 is 10.8 Å². The Morgan fingerprint density at radius 3 is 3.00 bits per heavy atom. The predicted molar refractivity (Wildman–Crippen MR) is 61.1 cm³/mol. The fourth-order valence-corrected chi connectivity index (χ4v) is 3.31. The van der Waals surface area contributed by atoms with Crippen molar-refractivity contribution in [2.24, 2.45) is 0 Å². The van der Waals surface area contributed by atoms with Crippen LogP contribution in [0.3, 0.4) is 0 Å². The molecule has 0 radical (unpaired) electrons. The van der Waals surface area contributed by atoms with Gasteiger partial charge in [0.2, 0.25) is 0 Å². The van der Waals surface area contributed by atoms with Gasteiger partial charge in [0.1, 0.15) is 0 Å². The summed E-state index contributed by atoms with van der Waals surface area (Å²) in [5, 5.41) is 3.14. The van der Waals surface area contributed by atoms with Gasteiger partial charge in [-0.1, -0.05) is 0 Å². The Bertz CT molecular complexity index is 340. The van der Waals surface area contributed by atoms with E-state index in [-0.39, 0.29) is 0 Å². The van der Waals surface area contributed by atoms with Crippen LogP contribution in [0.4, 0.5) is 0 Å². The minimum absolute atomic E-state index is 0.494. The Kier molecular flexibility index (Phi) is 3.53. The second kappa shape index (κ2) is 4.90. The third kappa shape index (κ3) is 2.46. The summed E-state index contributed by atoms with van der Waals surface area (Å²) >= 11 is 0. The lowest BCUT2D eigenvalue weighted by Gasteiger charge is -2.24. The van der Waals surface area contributed by atoms with Crippen LogP contribution in [-0.4, -0.2) is 32.3 Å². The van der Waals surface area contributed by atoms with Crippen molar-refractivity contribution in [3.8, 4) is 0 Å². The highest BCUT2D eigenvalue weighted by atomic mass is 32.2. The van der Waals surface area contributed by atoms with Crippen molar-refractivity contribution in [2.45, 2.75) is 25.4 Å². The Morgan fingerprint density at radius 1 is 1.60 bits per heavy atom. The fourth-order valence-electron chi connectivity index (χ4n) is 2.04. The lowest BCUT2D eigenvalue weighted by Crippen LogP contribution is -2.23. The quantitative estimate of drug-likeness (QED) is 0.826. The first kappa shape index (κ1) is 10.8. The molecule has 1 aliphatic rings. The number of nitrogens with one attached hydrogen (secondary N) is 1. The first-order valence-corrected chi connectivity index (χ1v) is 6.80. The zero-order valence-corrected chi connectivity index (χ0v) is 9.80. The molecule has 0 aliphatic carbocycles. The van der Waals surface area contributed by atoms with E-state index in [0.29, 0.717) is 6.04 Å². The monoisotopic (exact) mass is 227 g/mol. The molecule has 0 bridgehead atoms. The van der Waals surface area contributed by atoms with E-state index in [1.54, 1.807) is 0 Å². The molecule has 84 valence electrons. The summed E-state index contributed by atoms with van der Waals surface area (Å²) in [6.45, 7) is 0.847. The van der Waals surface area contributed by atoms with Gasteiger partial charge in [-0.25, -0.2) is 4.98 Å². The molecule has 0 aromatic carbocycles. The van der Waals surface area contributed by atoms with Crippen LogP contribution < -0.4 is 5.32 Å². The highest BCUT2D eigenvalue weighted by Crippen LogP contribution is 2.23. The predicted octanol–water partition coefficient (Wildman–Crippen LogP) is 0.686. The molecule has 2 heterocycles. The normalized spacial score (nSPS) is 26.7. The van der Waals surface area contributed by atoms with Crippen LogP contribution in [0.25, 0.3) is 0 Å². The molecule has 0 saturated carbocycles. The summed E-state index contributed by atoms with van der Waals surface area (Å²) in [6.07, 6.45) is 5.83. The molecule has 0 unspecified atom stereocenters. The van der Waals surface area contributed by atoms with Crippen LogP contribution in [0.5, 0.6) is 0 Å². The van der Waals surface area contributed by atoms with Crippen molar-refractivity contribution < 1.29 is 4.21 Å². The zero-order valence-electron chi connectivity index (χ0n) is 8.98. The summed E-state index contributed by atoms with van der Waals surface area (Å²) in [7, 11) is 1.36. The lowest BCUT2D eigenvalue weighted by molar-refractivity contribution is 0.445. The van der Waals surface area contributed by atoms with Crippen molar-refractivity contribution in [3.05, 3.63) is 18.2 Å². The third-order valence-corrected chi connectivity index (χ3v) is 4.24. The number of nitrogens with zero attached hydrogens (tertiary/aromatic N) is 2. The number of imidazole rings is 1. The Balaban J connectivity index is 2.08. The van der Waals surface area contributed by atoms with Crippen LogP contribution in [0, 0.1) is 0 Å². The molecule has 1 N–H and O–H groups in total. The minimum atomic E-state index is -0.582. The summed E-state index contributed by atoms with van der Waals surface area (Å²) in [5.74, 6) is 1.67. The Hall–Kier alpha value is -0.680. The Labute approximate surface area is 92.5 Å². The van der Waals surface area contributed by atoms with Gasteiger partial charge in [-0.3, -0.25) is 4.21 Å². The van der Waals surface area contributed by atoms with Gasteiger partial charge in [-0.2, -0.15) is 0 Å². The van der Waals surface area contributed by atoms with Crippen molar-refractivity contribution >= 4 is 10.8 Å². The van der Waals surface area contributed by atoms with Crippen molar-refractivity contribution in [3.63, 3.8) is 0 Å². The largest absolute Gasteiger partial charge is 0.330 e. The van der Waals surface area contributed by atoms with E-state index in [1.807, 2.05) is 19.6 Å². The molecule has 1 saturated heterocycles. The van der Waals surface area contributed by atoms with E-state index in [4.69, 9.17) is 0 Å². The average molecular weight is 227 g/mol. The summed E-state index contributed by atoms with van der Waals surface area (Å²) < 4.78 is 13.5. The van der Waals surface area contributed by atoms with Crippen LogP contribution in [-0.2, 0) is 17.3 Å². The topological polar surface area (TPSA) is 46.9 Å². The molecule has 0 atom stereocenters. The number of hydrogen-bond acceptors (Lipinski definition) is 3. The maximum Gasteiger partial charge on any atom is 0.0951 e. The first-order valence-electron chi connectivity index (χ1n) is 5.31. The van der Waals surface area contributed by atoms with E-state index in [0.717, 1.165) is 30.9 Å².